The first kappa shape index (κ1) is 21.9. The highest BCUT2D eigenvalue weighted by Gasteiger charge is 2.16. The van der Waals surface area contributed by atoms with Crippen LogP contribution >= 0.6 is 0 Å². The van der Waals surface area contributed by atoms with Gasteiger partial charge in [-0.25, -0.2) is 0 Å². The Morgan fingerprint density at radius 1 is 1.30 bits per heavy atom. The lowest BCUT2D eigenvalue weighted by Crippen LogP contribution is -2.38. The third kappa shape index (κ3) is 8.19. The lowest BCUT2D eigenvalue weighted by molar-refractivity contribution is -0.118. The molecule has 1 aliphatic rings. The van der Waals surface area contributed by atoms with E-state index in [1.165, 1.54) is 44.6 Å². The summed E-state index contributed by atoms with van der Waals surface area (Å²) in [5.74, 6) is 0.303. The standard InChI is InChI=1S/C12H21N3O.C8H7NO2/c1-9(13)7-8-11(14)12(16)15-10-5-3-2-4-6-10;1-11-8-4-7(10)3-2-6(8)5-9/h7-8,10H,2-6,13-14H2,1H3,(H,15,16);2-4,10H,1H3/b9-7-,11-8-;. The maximum Gasteiger partial charge on any atom is 0.267 e. The van der Waals surface area contributed by atoms with Crippen molar-refractivity contribution in [2.45, 2.75) is 45.1 Å². The fraction of sp³-hybridized carbons (Fsp3) is 0.400. The SMILES string of the molecule is C/C(N)=C/C=C(\N)C(=O)NC1CCCCC1.COc1cc(O)ccc1C#N. The van der Waals surface area contributed by atoms with E-state index in [-0.39, 0.29) is 23.4 Å². The second-order valence-electron chi connectivity index (χ2n) is 6.34. The zero-order valence-electron chi connectivity index (χ0n) is 15.9. The molecule has 1 amide bonds. The summed E-state index contributed by atoms with van der Waals surface area (Å²) in [4.78, 5) is 11.6. The van der Waals surface area contributed by atoms with Crippen molar-refractivity contribution in [3.8, 4) is 17.6 Å². The molecule has 1 aromatic carbocycles. The number of nitrogens with zero attached hydrogens (tertiary/aromatic N) is 1. The Labute approximate surface area is 160 Å². The summed E-state index contributed by atoms with van der Waals surface area (Å²) in [5, 5.41) is 20.4. The number of benzene rings is 1. The fourth-order valence-electron chi connectivity index (χ4n) is 2.58. The van der Waals surface area contributed by atoms with E-state index in [0.717, 1.165) is 12.8 Å². The van der Waals surface area contributed by atoms with E-state index in [1.54, 1.807) is 19.1 Å². The Morgan fingerprint density at radius 2 is 1.96 bits per heavy atom. The zero-order valence-corrected chi connectivity index (χ0v) is 15.9. The average Bonchev–Trinajstić information content (AvgIpc) is 2.67. The predicted molar refractivity (Wildman–Crippen MR) is 105 cm³/mol. The molecule has 0 bridgehead atoms. The topological polar surface area (TPSA) is 134 Å². The number of nitrogens with two attached hydrogens (primary N) is 2. The maximum atomic E-state index is 11.6. The van der Waals surface area contributed by atoms with Gasteiger partial charge < -0.3 is 26.6 Å². The molecule has 1 saturated carbocycles. The van der Waals surface area contributed by atoms with Crippen LogP contribution in [0.3, 0.4) is 0 Å². The third-order valence-electron chi connectivity index (χ3n) is 4.03. The molecule has 7 heteroatoms. The van der Waals surface area contributed by atoms with Gasteiger partial charge in [-0.15, -0.1) is 0 Å². The molecule has 0 unspecified atom stereocenters. The quantitative estimate of drug-likeness (QED) is 0.473. The normalized spacial score (nSPS) is 15.1. The van der Waals surface area contributed by atoms with Crippen LogP contribution in [0.1, 0.15) is 44.6 Å². The van der Waals surface area contributed by atoms with Gasteiger partial charge >= 0.3 is 0 Å². The Hall–Kier alpha value is -3.14. The second-order valence-corrected chi connectivity index (χ2v) is 6.34. The molecule has 27 heavy (non-hydrogen) atoms. The van der Waals surface area contributed by atoms with Crippen LogP contribution in [0.5, 0.6) is 11.5 Å². The minimum absolute atomic E-state index is 0.0980. The summed E-state index contributed by atoms with van der Waals surface area (Å²) in [7, 11) is 1.45. The molecule has 2 rings (SSSR count). The summed E-state index contributed by atoms with van der Waals surface area (Å²) < 4.78 is 4.83. The Balaban J connectivity index is 0.000000289. The summed E-state index contributed by atoms with van der Waals surface area (Å²) >= 11 is 0. The van der Waals surface area contributed by atoms with Crippen molar-refractivity contribution in [3.05, 3.63) is 47.3 Å². The van der Waals surface area contributed by atoms with Crippen molar-refractivity contribution in [2.75, 3.05) is 7.11 Å². The summed E-state index contributed by atoms with van der Waals surface area (Å²) in [6.45, 7) is 1.75. The number of allylic oxidation sites excluding steroid dienone is 3. The number of hydrogen-bond donors (Lipinski definition) is 4. The van der Waals surface area contributed by atoms with Crippen LogP contribution in [0.2, 0.25) is 0 Å². The lowest BCUT2D eigenvalue weighted by Gasteiger charge is -2.22. The number of nitriles is 1. The molecule has 0 radical (unpaired) electrons. The molecule has 146 valence electrons. The summed E-state index contributed by atoms with van der Waals surface area (Å²) in [5.41, 5.74) is 12.4. The third-order valence-corrected chi connectivity index (χ3v) is 4.03. The van der Waals surface area contributed by atoms with Crippen LogP contribution in [-0.4, -0.2) is 24.2 Å². The molecule has 0 aromatic heterocycles. The Morgan fingerprint density at radius 3 is 2.52 bits per heavy atom. The number of carbonyl (C=O) groups is 1. The molecule has 0 aliphatic heterocycles. The summed E-state index contributed by atoms with van der Waals surface area (Å²) in [6, 6.07) is 6.58. The van der Waals surface area contributed by atoms with Gasteiger partial charge in [0.05, 0.1) is 18.4 Å². The van der Waals surface area contributed by atoms with Crippen molar-refractivity contribution in [1.82, 2.24) is 5.32 Å². The van der Waals surface area contributed by atoms with Crippen molar-refractivity contribution >= 4 is 5.91 Å². The number of rotatable bonds is 4. The van der Waals surface area contributed by atoms with Crippen LogP contribution < -0.4 is 21.5 Å². The summed E-state index contributed by atoms with van der Waals surface area (Å²) in [6.07, 6.45) is 8.96. The lowest BCUT2D eigenvalue weighted by atomic mass is 9.95. The van der Waals surface area contributed by atoms with E-state index in [4.69, 9.17) is 26.6 Å². The van der Waals surface area contributed by atoms with Crippen molar-refractivity contribution in [2.24, 2.45) is 11.5 Å². The minimum atomic E-state index is -0.190. The van der Waals surface area contributed by atoms with E-state index in [1.807, 2.05) is 6.07 Å². The van der Waals surface area contributed by atoms with Crippen molar-refractivity contribution in [1.29, 1.82) is 5.26 Å². The fourth-order valence-corrected chi connectivity index (χ4v) is 2.58. The van der Waals surface area contributed by atoms with Gasteiger partial charge in [-0.1, -0.05) is 19.3 Å². The Bertz CT molecular complexity index is 725. The molecule has 7 nitrogen and oxygen atoms in total. The molecule has 6 N–H and O–H groups in total. The van der Waals surface area contributed by atoms with E-state index in [2.05, 4.69) is 5.32 Å². The zero-order chi connectivity index (χ0) is 20.2. The number of hydrogen-bond acceptors (Lipinski definition) is 6. The van der Waals surface area contributed by atoms with Crippen LogP contribution in [0.15, 0.2) is 41.7 Å². The average molecular weight is 372 g/mol. The number of phenols is 1. The number of ether oxygens (including phenoxy) is 1. The van der Waals surface area contributed by atoms with Gasteiger partial charge in [0.15, 0.2) is 0 Å². The largest absolute Gasteiger partial charge is 0.508 e. The number of aromatic hydroxyl groups is 1. The highest BCUT2D eigenvalue weighted by atomic mass is 16.5. The Kier molecular flexibility index (Phi) is 9.30. The van der Waals surface area contributed by atoms with Gasteiger partial charge in [0.1, 0.15) is 17.6 Å². The van der Waals surface area contributed by atoms with Gasteiger partial charge in [-0.3, -0.25) is 4.79 Å². The van der Waals surface area contributed by atoms with Gasteiger partial charge in [0, 0.05) is 17.8 Å². The molecular formula is C20H28N4O3. The highest BCUT2D eigenvalue weighted by Crippen LogP contribution is 2.22. The number of phenolic OH excluding ortho intramolecular Hbond substituents is 1. The van der Waals surface area contributed by atoms with E-state index in [0.29, 0.717) is 17.0 Å². The number of amides is 1. The first-order chi connectivity index (χ1) is 12.9. The first-order valence-corrected chi connectivity index (χ1v) is 8.84. The molecule has 0 saturated heterocycles. The van der Waals surface area contributed by atoms with Gasteiger partial charge in [-0.2, -0.15) is 5.26 Å². The number of methoxy groups -OCH3 is 1. The monoisotopic (exact) mass is 372 g/mol. The molecule has 0 atom stereocenters. The molecule has 0 heterocycles. The molecule has 0 spiro atoms. The van der Waals surface area contributed by atoms with Crippen LogP contribution in [0.4, 0.5) is 0 Å². The smallest absolute Gasteiger partial charge is 0.267 e. The van der Waals surface area contributed by atoms with E-state index < -0.39 is 0 Å². The van der Waals surface area contributed by atoms with Crippen LogP contribution in [-0.2, 0) is 4.79 Å². The number of carbonyl (C=O) groups excluding carboxylic acids is 1. The van der Waals surface area contributed by atoms with Crippen molar-refractivity contribution < 1.29 is 14.6 Å². The molecule has 1 fully saturated rings. The van der Waals surface area contributed by atoms with Crippen LogP contribution in [0.25, 0.3) is 0 Å². The second kappa shape index (κ2) is 11.5. The molecule has 1 aromatic rings. The number of nitrogens with one attached hydrogen (secondary N) is 1. The van der Waals surface area contributed by atoms with Gasteiger partial charge in [0.25, 0.3) is 5.91 Å². The molecule has 1 aliphatic carbocycles. The van der Waals surface area contributed by atoms with Crippen molar-refractivity contribution in [3.63, 3.8) is 0 Å². The van der Waals surface area contributed by atoms with Crippen LogP contribution in [0, 0.1) is 11.3 Å². The first-order valence-electron chi connectivity index (χ1n) is 8.84. The van der Waals surface area contributed by atoms with E-state index >= 15 is 0 Å². The predicted octanol–water partition coefficient (Wildman–Crippen LogP) is 2.41. The molecular weight excluding hydrogens is 344 g/mol. The minimum Gasteiger partial charge on any atom is -0.508 e. The van der Waals surface area contributed by atoms with E-state index in [9.17, 15) is 4.79 Å². The maximum absolute atomic E-state index is 11.6. The highest BCUT2D eigenvalue weighted by molar-refractivity contribution is 5.92. The van der Waals surface area contributed by atoms with Gasteiger partial charge in [0.2, 0.25) is 0 Å². The van der Waals surface area contributed by atoms with Gasteiger partial charge in [-0.05, 0) is 44.1 Å².